The van der Waals surface area contributed by atoms with Gasteiger partial charge in [0.15, 0.2) is 0 Å². The molecule has 0 aromatic carbocycles. The fourth-order valence-corrected chi connectivity index (χ4v) is 3.88. The second kappa shape index (κ2) is 11.3. The monoisotopic (exact) mass is 323 g/mol. The van der Waals surface area contributed by atoms with Crippen LogP contribution in [-0.4, -0.2) is 16.6 Å². The minimum atomic E-state index is -0.785. The zero-order valence-electron chi connectivity index (χ0n) is 14.7. The number of rotatable bonds is 7. The summed E-state index contributed by atoms with van der Waals surface area (Å²) in [6.45, 7) is 2.16. The lowest BCUT2D eigenvalue weighted by Gasteiger charge is -2.35. The molecule has 0 spiro atoms. The van der Waals surface area contributed by atoms with Gasteiger partial charge in [-0.2, -0.15) is 0 Å². The molecule has 0 aromatic rings. The first-order chi connectivity index (χ1) is 11.2. The Morgan fingerprint density at radius 2 is 1.78 bits per heavy atom. The van der Waals surface area contributed by atoms with E-state index in [1.807, 2.05) is 0 Å². The third kappa shape index (κ3) is 6.82. The zero-order chi connectivity index (χ0) is 17.0. The number of carbonyl (C=O) groups is 1. The van der Waals surface area contributed by atoms with Gasteiger partial charge in [-0.3, -0.25) is 4.79 Å². The normalized spacial score (nSPS) is 26.7. The predicted octanol–water partition coefficient (Wildman–Crippen LogP) is 6.23. The van der Waals surface area contributed by atoms with Crippen LogP contribution >= 0.6 is 0 Å². The standard InChI is InChI=1S/C18H33N3O2/c1-2-3-4-11-14-18(20-21-19)15-12-9-7-5-6-8-10-13-16(18)17(22)23/h16H,2-15H2,1H3,(H,22,23). The SMILES string of the molecule is CCCCCCC1(N=[N+]=[N-])CCCCCCCCCC1C(=O)O. The predicted molar refractivity (Wildman–Crippen MR) is 93.3 cm³/mol. The van der Waals surface area contributed by atoms with E-state index in [-0.39, 0.29) is 0 Å². The summed E-state index contributed by atoms with van der Waals surface area (Å²) >= 11 is 0. The minimum Gasteiger partial charge on any atom is -0.481 e. The van der Waals surface area contributed by atoms with Crippen molar-refractivity contribution in [3.8, 4) is 0 Å². The van der Waals surface area contributed by atoms with Crippen molar-refractivity contribution in [3.63, 3.8) is 0 Å². The zero-order valence-corrected chi connectivity index (χ0v) is 14.7. The molecule has 1 N–H and O–H groups in total. The topological polar surface area (TPSA) is 86.1 Å². The molecule has 0 aromatic heterocycles. The number of hydrogen-bond donors (Lipinski definition) is 1. The van der Waals surface area contributed by atoms with E-state index in [2.05, 4.69) is 16.9 Å². The highest BCUT2D eigenvalue weighted by molar-refractivity contribution is 5.71. The van der Waals surface area contributed by atoms with Crippen molar-refractivity contribution in [1.82, 2.24) is 0 Å². The maximum Gasteiger partial charge on any atom is 0.307 e. The van der Waals surface area contributed by atoms with Gasteiger partial charge in [-0.05, 0) is 24.8 Å². The van der Waals surface area contributed by atoms with Crippen LogP contribution in [0.25, 0.3) is 10.4 Å². The highest BCUT2D eigenvalue weighted by Crippen LogP contribution is 2.38. The number of carboxylic acids is 1. The van der Waals surface area contributed by atoms with Gasteiger partial charge in [0.25, 0.3) is 0 Å². The summed E-state index contributed by atoms with van der Waals surface area (Å²) in [7, 11) is 0. The van der Waals surface area contributed by atoms with E-state index < -0.39 is 17.4 Å². The summed E-state index contributed by atoms with van der Waals surface area (Å²) in [4.78, 5) is 15.0. The molecule has 0 radical (unpaired) electrons. The number of aliphatic carboxylic acids is 1. The van der Waals surface area contributed by atoms with E-state index in [1.165, 1.54) is 19.3 Å². The molecule has 2 atom stereocenters. The van der Waals surface area contributed by atoms with Gasteiger partial charge in [0.05, 0.1) is 11.5 Å². The average molecular weight is 323 g/mol. The molecule has 1 rings (SSSR count). The molecular formula is C18H33N3O2. The van der Waals surface area contributed by atoms with Crippen LogP contribution in [0.2, 0.25) is 0 Å². The van der Waals surface area contributed by atoms with Crippen LogP contribution in [0.4, 0.5) is 0 Å². The number of nitrogens with zero attached hydrogens (tertiary/aromatic N) is 3. The first kappa shape index (κ1) is 19.8. The summed E-state index contributed by atoms with van der Waals surface area (Å²) in [6.07, 6.45) is 14.2. The van der Waals surface area contributed by atoms with Crippen LogP contribution in [0.1, 0.15) is 96.8 Å². The highest BCUT2D eigenvalue weighted by Gasteiger charge is 2.41. The molecule has 1 fully saturated rings. The lowest BCUT2D eigenvalue weighted by atomic mass is 9.74. The van der Waals surface area contributed by atoms with Crippen molar-refractivity contribution in [2.45, 2.75) is 102 Å². The summed E-state index contributed by atoms with van der Waals surface area (Å²) in [5, 5.41) is 13.9. The molecule has 0 saturated heterocycles. The Morgan fingerprint density at radius 1 is 1.13 bits per heavy atom. The van der Waals surface area contributed by atoms with Gasteiger partial charge in [-0.25, -0.2) is 0 Å². The van der Waals surface area contributed by atoms with Crippen molar-refractivity contribution < 1.29 is 9.90 Å². The van der Waals surface area contributed by atoms with Crippen molar-refractivity contribution >= 4 is 5.97 Å². The Kier molecular flexibility index (Phi) is 9.77. The molecule has 132 valence electrons. The molecule has 0 aliphatic heterocycles. The molecule has 5 nitrogen and oxygen atoms in total. The summed E-state index contributed by atoms with van der Waals surface area (Å²) in [5.74, 6) is -1.31. The van der Waals surface area contributed by atoms with Crippen LogP contribution in [0, 0.1) is 5.92 Å². The third-order valence-corrected chi connectivity index (χ3v) is 5.26. The Hall–Kier alpha value is -1.22. The van der Waals surface area contributed by atoms with Crippen LogP contribution in [-0.2, 0) is 4.79 Å². The molecule has 1 saturated carbocycles. The van der Waals surface area contributed by atoms with Crippen molar-refractivity contribution in [3.05, 3.63) is 10.4 Å². The molecule has 23 heavy (non-hydrogen) atoms. The van der Waals surface area contributed by atoms with Crippen LogP contribution in [0.3, 0.4) is 0 Å². The van der Waals surface area contributed by atoms with Gasteiger partial charge in [-0.15, -0.1) is 0 Å². The molecule has 5 heteroatoms. The van der Waals surface area contributed by atoms with Crippen molar-refractivity contribution in [2.75, 3.05) is 0 Å². The maximum absolute atomic E-state index is 11.9. The smallest absolute Gasteiger partial charge is 0.307 e. The Balaban J connectivity index is 2.94. The second-order valence-electron chi connectivity index (χ2n) is 7.01. The minimum absolute atomic E-state index is 0.530. The molecule has 1 aliphatic rings. The molecule has 0 bridgehead atoms. The van der Waals surface area contributed by atoms with Crippen molar-refractivity contribution in [1.29, 1.82) is 0 Å². The molecular weight excluding hydrogens is 290 g/mol. The van der Waals surface area contributed by atoms with E-state index in [4.69, 9.17) is 5.53 Å². The van der Waals surface area contributed by atoms with Crippen molar-refractivity contribution in [2.24, 2.45) is 11.0 Å². The number of unbranched alkanes of at least 4 members (excludes halogenated alkanes) is 3. The summed E-state index contributed by atoms with van der Waals surface area (Å²) in [6, 6.07) is 0. The van der Waals surface area contributed by atoms with Gasteiger partial charge in [0, 0.05) is 4.91 Å². The largest absolute Gasteiger partial charge is 0.481 e. The summed E-state index contributed by atoms with van der Waals surface area (Å²) in [5.41, 5.74) is 8.37. The second-order valence-corrected chi connectivity index (χ2v) is 7.01. The number of hydrogen-bond acceptors (Lipinski definition) is 2. The van der Waals surface area contributed by atoms with E-state index in [0.717, 1.165) is 57.8 Å². The van der Waals surface area contributed by atoms with Crippen LogP contribution < -0.4 is 0 Å². The van der Waals surface area contributed by atoms with Gasteiger partial charge < -0.3 is 5.11 Å². The van der Waals surface area contributed by atoms with E-state index in [0.29, 0.717) is 12.8 Å². The van der Waals surface area contributed by atoms with Gasteiger partial charge in [0.2, 0.25) is 0 Å². The lowest BCUT2D eigenvalue weighted by molar-refractivity contribution is -0.145. The van der Waals surface area contributed by atoms with Gasteiger partial charge >= 0.3 is 5.97 Å². The Labute approximate surface area is 140 Å². The summed E-state index contributed by atoms with van der Waals surface area (Å²) < 4.78 is 0. The first-order valence-electron chi connectivity index (χ1n) is 9.45. The van der Waals surface area contributed by atoms with E-state index in [1.54, 1.807) is 0 Å². The van der Waals surface area contributed by atoms with Crippen LogP contribution in [0.15, 0.2) is 5.11 Å². The van der Waals surface area contributed by atoms with E-state index in [9.17, 15) is 9.90 Å². The molecule has 1 aliphatic carbocycles. The maximum atomic E-state index is 11.9. The fourth-order valence-electron chi connectivity index (χ4n) is 3.88. The first-order valence-corrected chi connectivity index (χ1v) is 9.45. The Morgan fingerprint density at radius 3 is 2.39 bits per heavy atom. The average Bonchev–Trinajstić information content (AvgIpc) is 2.56. The third-order valence-electron chi connectivity index (χ3n) is 5.26. The Bertz CT molecular complexity index is 394. The van der Waals surface area contributed by atoms with Gasteiger partial charge in [0.1, 0.15) is 0 Å². The quantitative estimate of drug-likeness (QED) is 0.260. The number of carboxylic acid groups (broad SMARTS) is 1. The molecule has 0 heterocycles. The molecule has 2 unspecified atom stereocenters. The molecule has 0 amide bonds. The number of azide groups is 1. The fraction of sp³-hybridized carbons (Fsp3) is 0.944. The van der Waals surface area contributed by atoms with Gasteiger partial charge in [-0.1, -0.05) is 82.7 Å². The van der Waals surface area contributed by atoms with E-state index >= 15 is 0 Å². The lowest BCUT2D eigenvalue weighted by Crippen LogP contribution is -2.40. The highest BCUT2D eigenvalue weighted by atomic mass is 16.4. The van der Waals surface area contributed by atoms with Crippen LogP contribution in [0.5, 0.6) is 0 Å².